The van der Waals surface area contributed by atoms with E-state index >= 15 is 0 Å². The predicted molar refractivity (Wildman–Crippen MR) is 87.4 cm³/mol. The smallest absolute Gasteiger partial charge is 0.0344 e. The summed E-state index contributed by atoms with van der Waals surface area (Å²) in [6.07, 6.45) is 9.48. The van der Waals surface area contributed by atoms with Crippen LogP contribution in [0.2, 0.25) is 0 Å². The van der Waals surface area contributed by atoms with Crippen LogP contribution in [-0.2, 0) is 0 Å². The van der Waals surface area contributed by atoms with Gasteiger partial charge >= 0.3 is 0 Å². The van der Waals surface area contributed by atoms with Crippen molar-refractivity contribution in [1.29, 1.82) is 0 Å². The molecule has 114 valence electrons. The van der Waals surface area contributed by atoms with Crippen LogP contribution in [0.1, 0.15) is 52.9 Å². The van der Waals surface area contributed by atoms with Crippen LogP contribution in [0.25, 0.3) is 0 Å². The summed E-state index contributed by atoms with van der Waals surface area (Å²) in [7, 11) is 0. The van der Waals surface area contributed by atoms with Crippen molar-refractivity contribution in [2.75, 3.05) is 32.7 Å². The molecule has 0 amide bonds. The molecule has 0 unspecified atom stereocenters. The van der Waals surface area contributed by atoms with Crippen molar-refractivity contribution in [2.45, 2.75) is 58.9 Å². The molecule has 0 atom stereocenters. The number of rotatable bonds is 4. The van der Waals surface area contributed by atoms with Crippen molar-refractivity contribution in [2.24, 2.45) is 4.99 Å². The first kappa shape index (κ1) is 15.7. The number of nitrogens with zero attached hydrogens (tertiary/aromatic N) is 3. The molecule has 1 aliphatic heterocycles. The number of allylic oxidation sites excluding steroid dienone is 1. The minimum atomic E-state index is 0.885. The standard InChI is InChI=1S/C17H31N3/c1-15(2)18-16(3)9-10-19-11-13-20(14-12-19)17-7-5-4-6-8-17/h9,17H,4-8,10-14H2,1-3H3/b16-9-. The zero-order valence-electron chi connectivity index (χ0n) is 13.6. The Morgan fingerprint density at radius 3 is 2.25 bits per heavy atom. The molecule has 0 aromatic rings. The Balaban J connectivity index is 1.72. The third kappa shape index (κ3) is 5.02. The molecule has 1 aliphatic carbocycles. The maximum absolute atomic E-state index is 4.49. The molecule has 2 rings (SSSR count). The summed E-state index contributed by atoms with van der Waals surface area (Å²) < 4.78 is 0. The Bertz CT molecular complexity index is 341. The topological polar surface area (TPSA) is 18.8 Å². The van der Waals surface area contributed by atoms with Gasteiger partial charge in [-0.15, -0.1) is 0 Å². The van der Waals surface area contributed by atoms with Crippen LogP contribution in [0.5, 0.6) is 0 Å². The second-order valence-electron chi connectivity index (χ2n) is 6.53. The van der Waals surface area contributed by atoms with Gasteiger partial charge in [0, 0.05) is 50.2 Å². The molecule has 20 heavy (non-hydrogen) atoms. The van der Waals surface area contributed by atoms with Crippen LogP contribution in [0.15, 0.2) is 16.8 Å². The molecular weight excluding hydrogens is 246 g/mol. The van der Waals surface area contributed by atoms with E-state index in [1.54, 1.807) is 0 Å². The van der Waals surface area contributed by atoms with Gasteiger partial charge in [-0.1, -0.05) is 19.3 Å². The van der Waals surface area contributed by atoms with Gasteiger partial charge in [-0.3, -0.25) is 14.8 Å². The van der Waals surface area contributed by atoms with Gasteiger partial charge in [0.25, 0.3) is 0 Å². The minimum Gasteiger partial charge on any atom is -0.298 e. The SMILES string of the molecule is CC(C)=N/C(C)=C\CN1CCN(C2CCCCC2)CC1. The number of hydrogen-bond donors (Lipinski definition) is 0. The average Bonchev–Trinajstić information content (AvgIpc) is 2.46. The highest BCUT2D eigenvalue weighted by Gasteiger charge is 2.24. The molecule has 1 saturated carbocycles. The molecule has 0 spiro atoms. The fraction of sp³-hybridized carbons (Fsp3) is 0.824. The van der Waals surface area contributed by atoms with Gasteiger partial charge in [0.05, 0.1) is 0 Å². The predicted octanol–water partition coefficient (Wildman–Crippen LogP) is 3.32. The van der Waals surface area contributed by atoms with Crippen LogP contribution in [0, 0.1) is 0 Å². The molecule has 2 aliphatic rings. The molecule has 2 fully saturated rings. The molecular formula is C17H31N3. The summed E-state index contributed by atoms with van der Waals surface area (Å²) in [6, 6.07) is 0.885. The fourth-order valence-electron chi connectivity index (χ4n) is 3.42. The van der Waals surface area contributed by atoms with Crippen LogP contribution >= 0.6 is 0 Å². The van der Waals surface area contributed by atoms with Crippen molar-refractivity contribution in [3.05, 3.63) is 11.8 Å². The Labute approximate surface area is 124 Å². The van der Waals surface area contributed by atoms with E-state index in [0.717, 1.165) is 24.0 Å². The second-order valence-corrected chi connectivity index (χ2v) is 6.53. The first-order valence-electron chi connectivity index (χ1n) is 8.30. The second kappa shape index (κ2) is 7.94. The highest BCUT2D eigenvalue weighted by molar-refractivity contribution is 5.80. The van der Waals surface area contributed by atoms with Gasteiger partial charge in [0.1, 0.15) is 0 Å². The van der Waals surface area contributed by atoms with E-state index in [-0.39, 0.29) is 0 Å². The van der Waals surface area contributed by atoms with Crippen molar-refractivity contribution >= 4 is 5.71 Å². The lowest BCUT2D eigenvalue weighted by Crippen LogP contribution is -2.50. The summed E-state index contributed by atoms with van der Waals surface area (Å²) in [6.45, 7) is 12.2. The normalized spacial score (nSPS) is 23.9. The van der Waals surface area contributed by atoms with Gasteiger partial charge in [0.15, 0.2) is 0 Å². The molecule has 1 saturated heterocycles. The average molecular weight is 277 g/mol. The number of aliphatic imine (C=N–C) groups is 1. The fourth-order valence-corrected chi connectivity index (χ4v) is 3.42. The third-order valence-corrected chi connectivity index (χ3v) is 4.54. The Morgan fingerprint density at radius 2 is 1.65 bits per heavy atom. The molecule has 3 heteroatoms. The third-order valence-electron chi connectivity index (χ3n) is 4.54. The lowest BCUT2D eigenvalue weighted by Gasteiger charge is -2.40. The van der Waals surface area contributed by atoms with Crippen LogP contribution in [0.4, 0.5) is 0 Å². The zero-order chi connectivity index (χ0) is 14.4. The number of hydrogen-bond acceptors (Lipinski definition) is 3. The molecule has 0 aromatic heterocycles. The lowest BCUT2D eigenvalue weighted by atomic mass is 9.94. The first-order valence-corrected chi connectivity index (χ1v) is 8.30. The largest absolute Gasteiger partial charge is 0.298 e. The van der Waals surface area contributed by atoms with E-state index < -0.39 is 0 Å². The van der Waals surface area contributed by atoms with Gasteiger partial charge in [-0.25, -0.2) is 0 Å². The van der Waals surface area contributed by atoms with E-state index in [1.807, 2.05) is 0 Å². The highest BCUT2D eigenvalue weighted by atomic mass is 15.3. The summed E-state index contributed by atoms with van der Waals surface area (Å²) in [5, 5.41) is 0. The highest BCUT2D eigenvalue weighted by Crippen LogP contribution is 2.23. The van der Waals surface area contributed by atoms with Crippen LogP contribution in [-0.4, -0.2) is 54.3 Å². The first-order chi connectivity index (χ1) is 9.65. The van der Waals surface area contributed by atoms with Crippen molar-refractivity contribution in [3.63, 3.8) is 0 Å². The van der Waals surface area contributed by atoms with Gasteiger partial charge < -0.3 is 0 Å². The summed E-state index contributed by atoms with van der Waals surface area (Å²) in [5.41, 5.74) is 2.29. The maximum Gasteiger partial charge on any atom is 0.0344 e. The minimum absolute atomic E-state index is 0.885. The van der Waals surface area contributed by atoms with E-state index in [9.17, 15) is 0 Å². The summed E-state index contributed by atoms with van der Waals surface area (Å²) >= 11 is 0. The molecule has 0 bridgehead atoms. The van der Waals surface area contributed by atoms with Crippen LogP contribution in [0.3, 0.4) is 0 Å². The zero-order valence-corrected chi connectivity index (χ0v) is 13.6. The van der Waals surface area contributed by atoms with Crippen LogP contribution < -0.4 is 0 Å². The molecule has 0 radical (unpaired) electrons. The van der Waals surface area contributed by atoms with Gasteiger partial charge in [-0.05, 0) is 39.7 Å². The monoisotopic (exact) mass is 277 g/mol. The van der Waals surface area contributed by atoms with Crippen molar-refractivity contribution in [3.8, 4) is 0 Å². The van der Waals surface area contributed by atoms with Gasteiger partial charge in [0.2, 0.25) is 0 Å². The number of piperazine rings is 1. The van der Waals surface area contributed by atoms with E-state index in [0.29, 0.717) is 0 Å². The van der Waals surface area contributed by atoms with Crippen molar-refractivity contribution < 1.29 is 0 Å². The van der Waals surface area contributed by atoms with E-state index in [4.69, 9.17) is 0 Å². The lowest BCUT2D eigenvalue weighted by molar-refractivity contribution is 0.0846. The van der Waals surface area contributed by atoms with Gasteiger partial charge in [-0.2, -0.15) is 0 Å². The Morgan fingerprint density at radius 1 is 1.00 bits per heavy atom. The molecule has 1 heterocycles. The Hall–Kier alpha value is -0.670. The summed E-state index contributed by atoms with van der Waals surface area (Å²) in [5.74, 6) is 0. The molecule has 0 aromatic carbocycles. The van der Waals surface area contributed by atoms with E-state index in [1.165, 1.54) is 58.3 Å². The Kier molecular flexibility index (Phi) is 6.24. The molecule has 0 N–H and O–H groups in total. The molecule has 3 nitrogen and oxygen atoms in total. The maximum atomic E-state index is 4.49. The quantitative estimate of drug-likeness (QED) is 0.734. The van der Waals surface area contributed by atoms with E-state index in [2.05, 4.69) is 41.6 Å². The summed E-state index contributed by atoms with van der Waals surface area (Å²) in [4.78, 5) is 9.79. The van der Waals surface area contributed by atoms with Crippen molar-refractivity contribution in [1.82, 2.24) is 9.80 Å².